The Morgan fingerprint density at radius 1 is 1.08 bits per heavy atom. The van der Waals surface area contributed by atoms with E-state index in [2.05, 4.69) is 10.9 Å². The van der Waals surface area contributed by atoms with Crippen molar-refractivity contribution in [2.24, 2.45) is 0 Å². The number of hydrazine groups is 1. The van der Waals surface area contributed by atoms with Gasteiger partial charge in [0.15, 0.2) is 6.61 Å². The fourth-order valence-corrected chi connectivity index (χ4v) is 2.03. The van der Waals surface area contributed by atoms with Crippen molar-refractivity contribution in [2.45, 2.75) is 6.92 Å². The van der Waals surface area contributed by atoms with Gasteiger partial charge in [-0.25, -0.2) is 0 Å². The Morgan fingerprint density at radius 2 is 1.88 bits per heavy atom. The zero-order chi connectivity index (χ0) is 18.1. The molecule has 0 fully saturated rings. The molecular weight excluding hydrogens is 320 g/mol. The molecule has 130 valence electrons. The molecule has 0 radical (unpaired) electrons. The molecule has 6 nitrogen and oxygen atoms in total. The first kappa shape index (κ1) is 18.1. The van der Waals surface area contributed by atoms with E-state index in [-0.39, 0.29) is 6.61 Å². The molecule has 2 aromatic carbocycles. The van der Waals surface area contributed by atoms with E-state index in [0.29, 0.717) is 11.5 Å². The van der Waals surface area contributed by atoms with Gasteiger partial charge in [0.25, 0.3) is 11.8 Å². The van der Waals surface area contributed by atoms with Gasteiger partial charge in [0.1, 0.15) is 11.5 Å². The molecule has 0 heterocycles. The van der Waals surface area contributed by atoms with Gasteiger partial charge in [0, 0.05) is 11.6 Å². The summed E-state index contributed by atoms with van der Waals surface area (Å²) < 4.78 is 10.5. The van der Waals surface area contributed by atoms with E-state index < -0.39 is 11.8 Å². The predicted octanol–water partition coefficient (Wildman–Crippen LogP) is 2.24. The van der Waals surface area contributed by atoms with Crippen molar-refractivity contribution in [3.63, 3.8) is 0 Å². The molecule has 0 aliphatic heterocycles. The number of benzene rings is 2. The summed E-state index contributed by atoms with van der Waals surface area (Å²) in [7, 11) is 1.56. The third kappa shape index (κ3) is 6.02. The number of rotatable bonds is 6. The van der Waals surface area contributed by atoms with E-state index in [1.54, 1.807) is 25.3 Å². The highest BCUT2D eigenvalue weighted by Gasteiger charge is 2.04. The lowest BCUT2D eigenvalue weighted by molar-refractivity contribution is -0.128. The van der Waals surface area contributed by atoms with Crippen LogP contribution < -0.4 is 20.3 Å². The molecule has 0 saturated heterocycles. The van der Waals surface area contributed by atoms with Crippen LogP contribution in [-0.4, -0.2) is 25.5 Å². The molecule has 6 heteroatoms. The number of methoxy groups -OCH3 is 1. The predicted molar refractivity (Wildman–Crippen MR) is 95.0 cm³/mol. The molecule has 0 atom stereocenters. The zero-order valence-corrected chi connectivity index (χ0v) is 14.1. The van der Waals surface area contributed by atoms with Gasteiger partial charge >= 0.3 is 0 Å². The summed E-state index contributed by atoms with van der Waals surface area (Å²) in [5.74, 6) is 0.329. The standard InChI is InChI=1S/C19H20N2O4/c1-14-6-5-8-16(12-14)25-13-19(23)21-20-18(22)11-10-15-7-3-4-9-17(15)24-2/h3-12H,13H2,1-2H3,(H,20,22)(H,21,23). The summed E-state index contributed by atoms with van der Waals surface area (Å²) in [6, 6.07) is 14.6. The van der Waals surface area contributed by atoms with Crippen LogP contribution in [0.3, 0.4) is 0 Å². The number of para-hydroxylation sites is 1. The second-order valence-corrected chi connectivity index (χ2v) is 5.22. The number of hydrogen-bond acceptors (Lipinski definition) is 4. The molecular formula is C19H20N2O4. The van der Waals surface area contributed by atoms with Crippen molar-refractivity contribution >= 4 is 17.9 Å². The number of carbonyl (C=O) groups is 2. The Bertz CT molecular complexity index is 772. The van der Waals surface area contributed by atoms with Crippen LogP contribution in [0.1, 0.15) is 11.1 Å². The molecule has 0 aliphatic carbocycles. The minimum Gasteiger partial charge on any atom is -0.496 e. The highest BCUT2D eigenvalue weighted by atomic mass is 16.5. The van der Waals surface area contributed by atoms with Crippen molar-refractivity contribution in [1.29, 1.82) is 0 Å². The van der Waals surface area contributed by atoms with Crippen LogP contribution in [0.4, 0.5) is 0 Å². The van der Waals surface area contributed by atoms with Crippen LogP contribution in [0.25, 0.3) is 6.08 Å². The smallest absolute Gasteiger partial charge is 0.276 e. The van der Waals surface area contributed by atoms with E-state index >= 15 is 0 Å². The Morgan fingerprint density at radius 3 is 2.64 bits per heavy atom. The maximum Gasteiger partial charge on any atom is 0.276 e. The van der Waals surface area contributed by atoms with Crippen molar-refractivity contribution in [3.8, 4) is 11.5 Å². The van der Waals surface area contributed by atoms with Crippen molar-refractivity contribution in [1.82, 2.24) is 10.9 Å². The molecule has 2 amide bonds. The first-order valence-electron chi connectivity index (χ1n) is 7.68. The molecule has 2 N–H and O–H groups in total. The lowest BCUT2D eigenvalue weighted by Crippen LogP contribution is -2.43. The molecule has 0 spiro atoms. The average molecular weight is 340 g/mol. The maximum atomic E-state index is 11.7. The van der Waals surface area contributed by atoms with Crippen molar-refractivity contribution in [3.05, 3.63) is 65.7 Å². The summed E-state index contributed by atoms with van der Waals surface area (Å²) in [5, 5.41) is 0. The molecule has 0 saturated carbocycles. The van der Waals surface area contributed by atoms with Gasteiger partial charge in [-0.2, -0.15) is 0 Å². The minimum atomic E-state index is -0.463. The van der Waals surface area contributed by atoms with Crippen LogP contribution in [0.2, 0.25) is 0 Å². The number of hydrogen-bond donors (Lipinski definition) is 2. The van der Waals surface area contributed by atoms with Gasteiger partial charge in [-0.1, -0.05) is 30.3 Å². The van der Waals surface area contributed by atoms with Gasteiger partial charge in [0.05, 0.1) is 7.11 Å². The van der Waals surface area contributed by atoms with E-state index in [0.717, 1.165) is 11.1 Å². The Hall–Kier alpha value is -3.28. The van der Waals surface area contributed by atoms with E-state index in [9.17, 15) is 9.59 Å². The van der Waals surface area contributed by atoms with Crippen LogP contribution in [0.5, 0.6) is 11.5 Å². The van der Waals surface area contributed by atoms with Crippen molar-refractivity contribution in [2.75, 3.05) is 13.7 Å². The highest BCUT2D eigenvalue weighted by molar-refractivity contribution is 5.93. The zero-order valence-electron chi connectivity index (χ0n) is 14.1. The molecule has 0 aliphatic rings. The summed E-state index contributed by atoms with van der Waals surface area (Å²) in [4.78, 5) is 23.4. The first-order valence-corrected chi connectivity index (χ1v) is 7.68. The molecule has 0 bridgehead atoms. The van der Waals surface area contributed by atoms with Gasteiger partial charge in [-0.3, -0.25) is 20.4 Å². The van der Waals surface area contributed by atoms with Crippen molar-refractivity contribution < 1.29 is 19.1 Å². The van der Waals surface area contributed by atoms with E-state index in [4.69, 9.17) is 9.47 Å². The summed E-state index contributed by atoms with van der Waals surface area (Å²) in [6.07, 6.45) is 2.91. The van der Waals surface area contributed by atoms with Gasteiger partial charge in [0.2, 0.25) is 0 Å². The highest BCUT2D eigenvalue weighted by Crippen LogP contribution is 2.18. The minimum absolute atomic E-state index is 0.194. The number of aryl methyl sites for hydroxylation is 1. The monoisotopic (exact) mass is 340 g/mol. The van der Waals surface area contributed by atoms with E-state index in [1.165, 1.54) is 6.08 Å². The molecule has 2 aromatic rings. The molecule has 2 rings (SSSR count). The molecule has 0 aromatic heterocycles. The maximum absolute atomic E-state index is 11.7. The van der Waals surface area contributed by atoms with Crippen LogP contribution in [0, 0.1) is 6.92 Å². The Kier molecular flexibility index (Phi) is 6.59. The molecule has 0 unspecified atom stereocenters. The fraction of sp³-hybridized carbons (Fsp3) is 0.158. The molecule has 25 heavy (non-hydrogen) atoms. The Labute approximate surface area is 146 Å². The van der Waals surface area contributed by atoms with Gasteiger partial charge in [-0.05, 0) is 36.8 Å². The van der Waals surface area contributed by atoms with E-state index in [1.807, 2.05) is 43.3 Å². The van der Waals surface area contributed by atoms with Gasteiger partial charge < -0.3 is 9.47 Å². The summed E-state index contributed by atoms with van der Waals surface area (Å²) >= 11 is 0. The third-order valence-electron chi connectivity index (χ3n) is 3.24. The summed E-state index contributed by atoms with van der Waals surface area (Å²) in [5.41, 5.74) is 6.37. The lowest BCUT2D eigenvalue weighted by Gasteiger charge is -2.08. The largest absolute Gasteiger partial charge is 0.496 e. The average Bonchev–Trinajstić information content (AvgIpc) is 2.63. The quantitative estimate of drug-likeness (QED) is 0.625. The second-order valence-electron chi connectivity index (χ2n) is 5.22. The van der Waals surface area contributed by atoms with Crippen LogP contribution in [-0.2, 0) is 9.59 Å². The fourth-order valence-electron chi connectivity index (χ4n) is 2.03. The first-order chi connectivity index (χ1) is 12.1. The van der Waals surface area contributed by atoms with Gasteiger partial charge in [-0.15, -0.1) is 0 Å². The second kappa shape index (κ2) is 9.12. The Balaban J connectivity index is 1.77. The lowest BCUT2D eigenvalue weighted by atomic mass is 10.2. The number of amides is 2. The number of nitrogens with one attached hydrogen (secondary N) is 2. The van der Waals surface area contributed by atoms with Crippen LogP contribution in [0.15, 0.2) is 54.6 Å². The van der Waals surface area contributed by atoms with Crippen LogP contribution >= 0.6 is 0 Å². The third-order valence-corrected chi connectivity index (χ3v) is 3.24. The number of carbonyl (C=O) groups excluding carboxylic acids is 2. The topological polar surface area (TPSA) is 76.7 Å². The summed E-state index contributed by atoms with van der Waals surface area (Å²) in [6.45, 7) is 1.74. The SMILES string of the molecule is COc1ccccc1C=CC(=O)NNC(=O)COc1cccc(C)c1. The number of ether oxygens (including phenoxy) is 2. The normalized spacial score (nSPS) is 10.3.